The Bertz CT molecular complexity index is 1290. The molecule has 33 heavy (non-hydrogen) atoms. The number of ether oxygens (including phenoxy) is 2. The molecule has 0 unspecified atom stereocenters. The average Bonchev–Trinajstić information content (AvgIpc) is 3.15. The van der Waals surface area contributed by atoms with Gasteiger partial charge < -0.3 is 19.7 Å². The minimum atomic E-state index is -2.85. The highest BCUT2D eigenvalue weighted by atomic mass is 19.3. The Labute approximate surface area is 185 Å². The minimum absolute atomic E-state index is 0.00667. The molecule has 2 bridgehead atoms. The van der Waals surface area contributed by atoms with E-state index >= 15 is 0 Å². The van der Waals surface area contributed by atoms with Crippen LogP contribution in [0.5, 0.6) is 11.6 Å². The molecule has 1 saturated carbocycles. The standard InChI is InChI=1S/C21H19F3N6O3/c1-11-3-25-18(31)14-5-27-30-7-15-17(28-16(14)30)29(20(10-32-15)8-21(23,24)9-20)6-12-2-13(22)4-26-19(12)33-11/h2,4-5,7,11H,3,6,8-10H2,1H3,(H,25,31)/t11-/m0/s1. The predicted molar refractivity (Wildman–Crippen MR) is 108 cm³/mol. The second-order valence-corrected chi connectivity index (χ2v) is 8.82. The summed E-state index contributed by atoms with van der Waals surface area (Å²) in [5, 5.41) is 6.95. The molecular formula is C21H19F3N6O3. The van der Waals surface area contributed by atoms with Crippen molar-refractivity contribution in [2.75, 3.05) is 18.1 Å². The van der Waals surface area contributed by atoms with Crippen LogP contribution >= 0.6 is 0 Å². The number of anilines is 1. The number of hydrogen-bond donors (Lipinski definition) is 1. The van der Waals surface area contributed by atoms with Crippen molar-refractivity contribution in [1.82, 2.24) is 24.9 Å². The van der Waals surface area contributed by atoms with Crippen LogP contribution in [0.4, 0.5) is 19.0 Å². The number of fused-ring (bicyclic) bond motifs is 2. The first kappa shape index (κ1) is 20.1. The highest BCUT2D eigenvalue weighted by molar-refractivity contribution is 5.99. The average molecular weight is 460 g/mol. The molecule has 2 aliphatic heterocycles. The summed E-state index contributed by atoms with van der Waals surface area (Å²) in [6.45, 7) is 1.92. The van der Waals surface area contributed by atoms with Gasteiger partial charge in [-0.1, -0.05) is 0 Å². The van der Waals surface area contributed by atoms with Gasteiger partial charge in [0.15, 0.2) is 17.2 Å². The molecular weight excluding hydrogens is 441 g/mol. The molecule has 1 N–H and O–H groups in total. The number of pyridine rings is 1. The molecule has 1 aliphatic carbocycles. The van der Waals surface area contributed by atoms with Gasteiger partial charge in [0.05, 0.1) is 37.2 Å². The van der Waals surface area contributed by atoms with Gasteiger partial charge in [-0.25, -0.2) is 27.7 Å². The van der Waals surface area contributed by atoms with Crippen LogP contribution in [0.1, 0.15) is 35.7 Å². The first-order chi connectivity index (χ1) is 15.7. The third-order valence-corrected chi connectivity index (χ3v) is 6.27. The maximum atomic E-state index is 14.2. The fourth-order valence-corrected chi connectivity index (χ4v) is 4.72. The Balaban J connectivity index is 1.56. The molecule has 0 radical (unpaired) electrons. The van der Waals surface area contributed by atoms with Crippen LogP contribution in [-0.4, -0.2) is 56.2 Å². The van der Waals surface area contributed by atoms with E-state index in [-0.39, 0.29) is 42.6 Å². The summed E-state index contributed by atoms with van der Waals surface area (Å²) in [7, 11) is 0. The number of rotatable bonds is 0. The maximum absolute atomic E-state index is 14.2. The number of alkyl halides is 2. The molecule has 1 atom stereocenters. The first-order valence-electron chi connectivity index (χ1n) is 10.5. The van der Waals surface area contributed by atoms with E-state index in [0.29, 0.717) is 11.3 Å². The SMILES string of the molecule is C[C@H]1CNC(=O)c2cnn3cc4c(nc23)N(Cc2cc(F)cnc2O1)C1(CO4)CC(F)(F)C1. The largest absolute Gasteiger partial charge is 0.486 e. The van der Waals surface area contributed by atoms with Gasteiger partial charge in [0.2, 0.25) is 5.88 Å². The lowest BCUT2D eigenvalue weighted by atomic mass is 9.71. The Morgan fingerprint density at radius 3 is 2.88 bits per heavy atom. The van der Waals surface area contributed by atoms with Gasteiger partial charge in [-0.2, -0.15) is 5.10 Å². The van der Waals surface area contributed by atoms with Crippen LogP contribution < -0.4 is 19.7 Å². The Morgan fingerprint density at radius 2 is 2.09 bits per heavy atom. The molecule has 0 aromatic carbocycles. The molecule has 5 heterocycles. The van der Waals surface area contributed by atoms with Gasteiger partial charge in [0.1, 0.15) is 24.1 Å². The number of halogens is 3. The van der Waals surface area contributed by atoms with E-state index in [4.69, 9.17) is 9.47 Å². The highest BCUT2D eigenvalue weighted by Crippen LogP contribution is 2.54. The predicted octanol–water partition coefficient (Wildman–Crippen LogP) is 2.34. The van der Waals surface area contributed by atoms with Crippen molar-refractivity contribution in [3.05, 3.63) is 41.6 Å². The van der Waals surface area contributed by atoms with Gasteiger partial charge in [0, 0.05) is 18.4 Å². The molecule has 12 heteroatoms. The number of aromatic nitrogens is 4. The molecule has 3 aromatic rings. The normalized spacial score (nSPS) is 22.8. The summed E-state index contributed by atoms with van der Waals surface area (Å²) in [6.07, 6.45) is 2.62. The molecule has 9 nitrogen and oxygen atoms in total. The Kier molecular flexibility index (Phi) is 4.08. The summed E-state index contributed by atoms with van der Waals surface area (Å²) in [4.78, 5) is 23.2. The van der Waals surface area contributed by atoms with E-state index in [2.05, 4.69) is 20.4 Å². The minimum Gasteiger partial charge on any atom is -0.486 e. The van der Waals surface area contributed by atoms with Gasteiger partial charge >= 0.3 is 0 Å². The Hall–Kier alpha value is -3.57. The summed E-state index contributed by atoms with van der Waals surface area (Å²) in [6, 6.07) is 1.27. The number of nitrogens with one attached hydrogen (secondary N) is 1. The van der Waals surface area contributed by atoms with Crippen molar-refractivity contribution in [2.45, 2.75) is 43.9 Å². The van der Waals surface area contributed by atoms with Gasteiger partial charge in [0.25, 0.3) is 11.8 Å². The monoisotopic (exact) mass is 460 g/mol. The van der Waals surface area contributed by atoms with Crippen LogP contribution in [0, 0.1) is 5.82 Å². The third kappa shape index (κ3) is 3.15. The maximum Gasteiger partial charge on any atom is 0.256 e. The highest BCUT2D eigenvalue weighted by Gasteiger charge is 2.62. The van der Waals surface area contributed by atoms with Crippen LogP contribution in [-0.2, 0) is 6.54 Å². The lowest BCUT2D eigenvalue weighted by Crippen LogP contribution is -2.67. The van der Waals surface area contributed by atoms with Crippen LogP contribution in [0.3, 0.4) is 0 Å². The van der Waals surface area contributed by atoms with E-state index in [1.807, 2.05) is 0 Å². The zero-order valence-electron chi connectivity index (χ0n) is 17.5. The van der Waals surface area contributed by atoms with Crippen molar-refractivity contribution < 1.29 is 27.4 Å². The number of nitrogens with zero attached hydrogens (tertiary/aromatic N) is 5. The van der Waals surface area contributed by atoms with Crippen molar-refractivity contribution in [3.63, 3.8) is 0 Å². The quantitative estimate of drug-likeness (QED) is 0.550. The third-order valence-electron chi connectivity index (χ3n) is 6.27. The second-order valence-electron chi connectivity index (χ2n) is 8.82. The van der Waals surface area contributed by atoms with E-state index in [9.17, 15) is 18.0 Å². The Morgan fingerprint density at radius 1 is 1.27 bits per heavy atom. The fourth-order valence-electron chi connectivity index (χ4n) is 4.72. The summed E-state index contributed by atoms with van der Waals surface area (Å²) >= 11 is 0. The lowest BCUT2D eigenvalue weighted by Gasteiger charge is -2.56. The molecule has 1 spiro atoms. The topological polar surface area (TPSA) is 93.9 Å². The molecule has 1 amide bonds. The smallest absolute Gasteiger partial charge is 0.256 e. The second kappa shape index (κ2) is 6.72. The number of carbonyl (C=O) groups excluding carboxylic acids is 1. The van der Waals surface area contributed by atoms with E-state index < -0.39 is 42.1 Å². The zero-order chi connectivity index (χ0) is 23.0. The lowest BCUT2D eigenvalue weighted by molar-refractivity contribution is -0.137. The number of hydrogen-bond acceptors (Lipinski definition) is 7. The van der Waals surface area contributed by atoms with E-state index in [1.54, 1.807) is 18.0 Å². The molecule has 3 aromatic heterocycles. The van der Waals surface area contributed by atoms with E-state index in [1.165, 1.54) is 16.8 Å². The zero-order valence-corrected chi connectivity index (χ0v) is 17.5. The molecule has 172 valence electrons. The van der Waals surface area contributed by atoms with Gasteiger partial charge in [-0.05, 0) is 13.0 Å². The summed E-state index contributed by atoms with van der Waals surface area (Å²) < 4.78 is 55.5. The van der Waals surface area contributed by atoms with Gasteiger partial charge in [-0.3, -0.25) is 4.79 Å². The molecule has 6 rings (SSSR count). The van der Waals surface area contributed by atoms with Crippen molar-refractivity contribution in [1.29, 1.82) is 0 Å². The summed E-state index contributed by atoms with van der Waals surface area (Å²) in [5.74, 6) is -3.06. The number of carbonyl (C=O) groups is 1. The molecule has 3 aliphatic rings. The summed E-state index contributed by atoms with van der Waals surface area (Å²) in [5.41, 5.74) is -0.178. The fraction of sp³-hybridized carbons (Fsp3) is 0.429. The number of amides is 1. The first-order valence-corrected chi connectivity index (χ1v) is 10.5. The van der Waals surface area contributed by atoms with Crippen molar-refractivity contribution >= 4 is 17.4 Å². The van der Waals surface area contributed by atoms with Crippen LogP contribution in [0.15, 0.2) is 24.7 Å². The van der Waals surface area contributed by atoms with Crippen LogP contribution in [0.2, 0.25) is 0 Å². The molecule has 1 fully saturated rings. The molecule has 0 saturated heterocycles. The van der Waals surface area contributed by atoms with Crippen molar-refractivity contribution in [2.24, 2.45) is 0 Å². The van der Waals surface area contributed by atoms with Crippen LogP contribution in [0.25, 0.3) is 5.65 Å². The van der Waals surface area contributed by atoms with E-state index in [0.717, 1.165) is 6.20 Å². The van der Waals surface area contributed by atoms with Crippen molar-refractivity contribution in [3.8, 4) is 11.6 Å². The van der Waals surface area contributed by atoms with Gasteiger partial charge in [-0.15, -0.1) is 0 Å².